The molecule has 2 fully saturated rings. The van der Waals surface area contributed by atoms with Crippen molar-refractivity contribution >= 4 is 16.6 Å². The highest BCUT2D eigenvalue weighted by Gasteiger charge is 2.30. The van der Waals surface area contributed by atoms with Crippen molar-refractivity contribution in [3.05, 3.63) is 30.5 Å². The van der Waals surface area contributed by atoms with Crippen molar-refractivity contribution in [3.8, 4) is 5.75 Å². The molecule has 0 unspecified atom stereocenters. The molecule has 25 heavy (non-hydrogen) atoms. The normalized spacial score (nSPS) is 23.1. The summed E-state index contributed by atoms with van der Waals surface area (Å²) in [5.41, 5.74) is 2.21. The number of piperazine rings is 1. The summed E-state index contributed by atoms with van der Waals surface area (Å²) in [6, 6.07) is 9.49. The predicted molar refractivity (Wildman–Crippen MR) is 101 cm³/mol. The van der Waals surface area contributed by atoms with Gasteiger partial charge in [0, 0.05) is 62.2 Å². The van der Waals surface area contributed by atoms with Crippen LogP contribution in [0.2, 0.25) is 0 Å². The van der Waals surface area contributed by atoms with Crippen LogP contribution < -0.4 is 9.64 Å². The Labute approximate surface area is 149 Å². The van der Waals surface area contributed by atoms with Gasteiger partial charge in [0.2, 0.25) is 0 Å². The van der Waals surface area contributed by atoms with Gasteiger partial charge in [-0.15, -0.1) is 0 Å². The van der Waals surface area contributed by atoms with Gasteiger partial charge in [0.1, 0.15) is 11.3 Å². The summed E-state index contributed by atoms with van der Waals surface area (Å²) < 4.78 is 11.0. The maximum absolute atomic E-state index is 5.52. The molecule has 2 aliphatic heterocycles. The van der Waals surface area contributed by atoms with Crippen LogP contribution in [0, 0.1) is 0 Å². The molecule has 2 saturated heterocycles. The van der Waals surface area contributed by atoms with Gasteiger partial charge in [-0.2, -0.15) is 0 Å². The Morgan fingerprint density at radius 2 is 2.00 bits per heavy atom. The van der Waals surface area contributed by atoms with Gasteiger partial charge >= 0.3 is 0 Å². The minimum atomic E-state index is 0.480. The van der Waals surface area contributed by atoms with E-state index >= 15 is 0 Å². The van der Waals surface area contributed by atoms with Crippen LogP contribution in [0.1, 0.15) is 19.8 Å². The van der Waals surface area contributed by atoms with E-state index in [1.165, 1.54) is 23.9 Å². The van der Waals surface area contributed by atoms with Gasteiger partial charge < -0.3 is 14.4 Å². The summed E-state index contributed by atoms with van der Waals surface area (Å²) >= 11 is 0. The summed E-state index contributed by atoms with van der Waals surface area (Å²) in [7, 11) is 1.71. The van der Waals surface area contributed by atoms with Gasteiger partial charge in [-0.3, -0.25) is 9.88 Å². The third kappa shape index (κ3) is 3.18. The van der Waals surface area contributed by atoms with Crippen LogP contribution in [0.5, 0.6) is 5.75 Å². The van der Waals surface area contributed by atoms with Crippen LogP contribution in [0.4, 0.5) is 5.69 Å². The largest absolute Gasteiger partial charge is 0.494 e. The van der Waals surface area contributed by atoms with Crippen molar-refractivity contribution in [1.29, 1.82) is 0 Å². The molecule has 5 nitrogen and oxygen atoms in total. The van der Waals surface area contributed by atoms with Gasteiger partial charge in [-0.25, -0.2) is 0 Å². The summed E-state index contributed by atoms with van der Waals surface area (Å²) in [6.07, 6.45) is 4.24. The summed E-state index contributed by atoms with van der Waals surface area (Å²) in [6.45, 7) is 7.43. The van der Waals surface area contributed by atoms with E-state index in [9.17, 15) is 0 Å². The number of rotatable bonds is 3. The smallest absolute Gasteiger partial charge is 0.145 e. The first kappa shape index (κ1) is 16.6. The monoisotopic (exact) mass is 341 g/mol. The fourth-order valence-electron chi connectivity index (χ4n) is 4.28. The molecule has 134 valence electrons. The molecular formula is C20H27N3O2. The number of ether oxygens (including phenoxy) is 2. The lowest BCUT2D eigenvalue weighted by atomic mass is 10.0. The van der Waals surface area contributed by atoms with Crippen molar-refractivity contribution in [2.45, 2.75) is 31.8 Å². The summed E-state index contributed by atoms with van der Waals surface area (Å²) in [5, 5.41) is 1.17. The first-order valence-electron chi connectivity index (χ1n) is 9.28. The lowest BCUT2D eigenvalue weighted by Gasteiger charge is -2.45. The number of fused-ring (bicyclic) bond motifs is 1. The summed E-state index contributed by atoms with van der Waals surface area (Å²) in [4.78, 5) is 9.73. The standard InChI is InChI=1S/C20H27N3O2/c1-15-14-22(16-7-12-25-13-8-16)10-11-23(15)18-6-9-21-20-17(18)4-3-5-19(20)24-2/h3-6,9,15-16H,7-8,10-14H2,1-2H3/t15-/m1/s1. The molecule has 4 rings (SSSR count). The average molecular weight is 341 g/mol. The van der Waals surface area contributed by atoms with Crippen LogP contribution in [0.3, 0.4) is 0 Å². The van der Waals surface area contributed by atoms with E-state index in [1.807, 2.05) is 12.3 Å². The fourth-order valence-corrected chi connectivity index (χ4v) is 4.28. The second-order valence-corrected chi connectivity index (χ2v) is 7.07. The SMILES string of the molecule is COc1cccc2c(N3CCN(C4CCOCC4)C[C@H]3C)ccnc12. The summed E-state index contributed by atoms with van der Waals surface area (Å²) in [5.74, 6) is 0.841. The number of anilines is 1. The minimum absolute atomic E-state index is 0.480. The van der Waals surface area contributed by atoms with Gasteiger partial charge in [0.15, 0.2) is 0 Å². The molecule has 0 N–H and O–H groups in total. The molecule has 0 amide bonds. The topological polar surface area (TPSA) is 37.8 Å². The van der Waals surface area contributed by atoms with E-state index in [0.717, 1.165) is 44.1 Å². The highest BCUT2D eigenvalue weighted by atomic mass is 16.5. The van der Waals surface area contributed by atoms with Gasteiger partial charge in [-0.05, 0) is 31.9 Å². The second-order valence-electron chi connectivity index (χ2n) is 7.07. The Morgan fingerprint density at radius 3 is 2.76 bits per heavy atom. The number of nitrogens with zero attached hydrogens (tertiary/aromatic N) is 3. The van der Waals surface area contributed by atoms with Crippen molar-refractivity contribution < 1.29 is 9.47 Å². The van der Waals surface area contributed by atoms with Crippen molar-refractivity contribution in [3.63, 3.8) is 0 Å². The quantitative estimate of drug-likeness (QED) is 0.858. The van der Waals surface area contributed by atoms with Gasteiger partial charge in [-0.1, -0.05) is 12.1 Å². The molecule has 1 aromatic carbocycles. The van der Waals surface area contributed by atoms with E-state index in [2.05, 4.69) is 39.9 Å². The van der Waals surface area contributed by atoms with Crippen LogP contribution in [0.15, 0.2) is 30.5 Å². The van der Waals surface area contributed by atoms with Crippen molar-refractivity contribution in [2.75, 3.05) is 44.9 Å². The molecule has 0 saturated carbocycles. The third-order valence-corrected chi connectivity index (χ3v) is 5.61. The fraction of sp³-hybridized carbons (Fsp3) is 0.550. The second kappa shape index (κ2) is 7.18. The molecule has 2 aliphatic rings. The molecule has 0 bridgehead atoms. The third-order valence-electron chi connectivity index (χ3n) is 5.61. The molecule has 3 heterocycles. The van der Waals surface area contributed by atoms with E-state index in [-0.39, 0.29) is 0 Å². The highest BCUT2D eigenvalue weighted by molar-refractivity contribution is 5.95. The van der Waals surface area contributed by atoms with E-state index < -0.39 is 0 Å². The maximum Gasteiger partial charge on any atom is 0.145 e. The predicted octanol–water partition coefficient (Wildman–Crippen LogP) is 2.93. The number of aromatic nitrogens is 1. The number of hydrogen-bond donors (Lipinski definition) is 0. The number of pyridine rings is 1. The molecule has 0 spiro atoms. The lowest BCUT2D eigenvalue weighted by Crippen LogP contribution is -2.55. The first-order chi connectivity index (χ1) is 12.3. The Kier molecular flexibility index (Phi) is 4.77. The Hall–Kier alpha value is -1.85. The molecular weight excluding hydrogens is 314 g/mol. The number of benzene rings is 1. The Balaban J connectivity index is 1.58. The Morgan fingerprint density at radius 1 is 1.16 bits per heavy atom. The lowest BCUT2D eigenvalue weighted by molar-refractivity contribution is 0.0280. The maximum atomic E-state index is 5.52. The molecule has 1 atom stereocenters. The van der Waals surface area contributed by atoms with Crippen molar-refractivity contribution in [1.82, 2.24) is 9.88 Å². The van der Waals surface area contributed by atoms with Gasteiger partial charge in [0.25, 0.3) is 0 Å². The zero-order valence-corrected chi connectivity index (χ0v) is 15.1. The molecule has 2 aromatic rings. The van der Waals surface area contributed by atoms with E-state index in [0.29, 0.717) is 12.1 Å². The van der Waals surface area contributed by atoms with Crippen LogP contribution in [-0.4, -0.2) is 61.9 Å². The number of para-hydroxylation sites is 1. The van der Waals surface area contributed by atoms with Crippen molar-refractivity contribution in [2.24, 2.45) is 0 Å². The highest BCUT2D eigenvalue weighted by Crippen LogP contribution is 2.33. The zero-order valence-electron chi connectivity index (χ0n) is 15.1. The van der Waals surface area contributed by atoms with E-state index in [1.54, 1.807) is 7.11 Å². The Bertz CT molecular complexity index is 730. The van der Waals surface area contributed by atoms with Crippen LogP contribution >= 0.6 is 0 Å². The van der Waals surface area contributed by atoms with Crippen LogP contribution in [-0.2, 0) is 4.74 Å². The molecule has 5 heteroatoms. The van der Waals surface area contributed by atoms with E-state index in [4.69, 9.17) is 9.47 Å². The number of hydrogen-bond acceptors (Lipinski definition) is 5. The number of methoxy groups -OCH3 is 1. The minimum Gasteiger partial charge on any atom is -0.494 e. The first-order valence-corrected chi connectivity index (χ1v) is 9.28. The molecule has 1 aromatic heterocycles. The van der Waals surface area contributed by atoms with Crippen LogP contribution in [0.25, 0.3) is 10.9 Å². The average Bonchev–Trinajstić information content (AvgIpc) is 2.68. The molecule has 0 aliphatic carbocycles. The molecule has 0 radical (unpaired) electrons. The van der Waals surface area contributed by atoms with Gasteiger partial charge in [0.05, 0.1) is 7.11 Å². The zero-order chi connectivity index (χ0) is 17.2.